The minimum atomic E-state index is 0.679. The van der Waals surface area contributed by atoms with Crippen LogP contribution < -0.4 is 10.2 Å². The molecule has 1 aromatic rings. The number of hydrogen-bond acceptors (Lipinski definition) is 4. The largest absolute Gasteiger partial charge is 0.348 e. The van der Waals surface area contributed by atoms with Gasteiger partial charge in [0, 0.05) is 30.1 Å². The minimum Gasteiger partial charge on any atom is -0.348 e. The highest BCUT2D eigenvalue weighted by atomic mass is 32.1. The van der Waals surface area contributed by atoms with Crippen LogP contribution in [0.25, 0.3) is 0 Å². The Kier molecular flexibility index (Phi) is 2.87. The zero-order valence-corrected chi connectivity index (χ0v) is 11.7. The van der Waals surface area contributed by atoms with E-state index in [1.54, 1.807) is 0 Å². The van der Waals surface area contributed by atoms with Gasteiger partial charge in [-0.05, 0) is 39.5 Å². The van der Waals surface area contributed by atoms with E-state index < -0.39 is 0 Å². The van der Waals surface area contributed by atoms with Crippen molar-refractivity contribution in [3.05, 3.63) is 10.6 Å². The number of anilines is 1. The zero-order chi connectivity index (χ0) is 12.0. The van der Waals surface area contributed by atoms with Crippen molar-refractivity contribution in [3.63, 3.8) is 0 Å². The van der Waals surface area contributed by atoms with E-state index in [9.17, 15) is 0 Å². The molecular formula is C13H21N3S. The van der Waals surface area contributed by atoms with Crippen LogP contribution in [0.1, 0.15) is 36.3 Å². The summed E-state index contributed by atoms with van der Waals surface area (Å²) in [5.74, 6) is 0. The highest BCUT2D eigenvalue weighted by molar-refractivity contribution is 7.15. The van der Waals surface area contributed by atoms with Crippen molar-refractivity contribution in [1.82, 2.24) is 10.3 Å². The van der Waals surface area contributed by atoms with Crippen molar-refractivity contribution in [2.45, 2.75) is 57.7 Å². The lowest BCUT2D eigenvalue weighted by Gasteiger charge is -2.35. The van der Waals surface area contributed by atoms with Crippen molar-refractivity contribution < 1.29 is 0 Å². The van der Waals surface area contributed by atoms with Gasteiger partial charge in [-0.1, -0.05) is 0 Å². The van der Waals surface area contributed by atoms with Gasteiger partial charge in [0.25, 0.3) is 0 Å². The highest BCUT2D eigenvalue weighted by Gasteiger charge is 2.35. The van der Waals surface area contributed by atoms with Crippen LogP contribution in [0.15, 0.2) is 0 Å². The Balaban J connectivity index is 1.75. The molecule has 2 aliphatic heterocycles. The second-order valence-corrected chi connectivity index (χ2v) is 6.69. The molecule has 4 heteroatoms. The molecule has 0 amide bonds. The predicted octanol–water partition coefficient (Wildman–Crippen LogP) is 2.48. The van der Waals surface area contributed by atoms with Gasteiger partial charge < -0.3 is 10.2 Å². The van der Waals surface area contributed by atoms with Gasteiger partial charge in [0.2, 0.25) is 0 Å². The van der Waals surface area contributed by atoms with Gasteiger partial charge >= 0.3 is 0 Å². The first-order valence-corrected chi connectivity index (χ1v) is 7.38. The summed E-state index contributed by atoms with van der Waals surface area (Å²) in [4.78, 5) is 8.44. The van der Waals surface area contributed by atoms with Gasteiger partial charge in [-0.15, -0.1) is 11.3 Å². The number of rotatable bonds is 2. The summed E-state index contributed by atoms with van der Waals surface area (Å²) < 4.78 is 0. The second-order valence-electron chi connectivity index (χ2n) is 5.51. The molecule has 2 fully saturated rings. The van der Waals surface area contributed by atoms with E-state index in [0.29, 0.717) is 6.04 Å². The predicted molar refractivity (Wildman–Crippen MR) is 73.0 cm³/mol. The first-order valence-electron chi connectivity index (χ1n) is 6.56. The number of nitrogens with one attached hydrogen (secondary N) is 1. The third-order valence-electron chi connectivity index (χ3n) is 4.31. The van der Waals surface area contributed by atoms with Crippen molar-refractivity contribution >= 4 is 16.5 Å². The highest BCUT2D eigenvalue weighted by Crippen LogP contribution is 2.33. The van der Waals surface area contributed by atoms with Crippen molar-refractivity contribution in [1.29, 1.82) is 0 Å². The number of aromatic nitrogens is 1. The third kappa shape index (κ3) is 2.08. The molecule has 2 unspecified atom stereocenters. The Morgan fingerprint density at radius 1 is 1.24 bits per heavy atom. The van der Waals surface area contributed by atoms with Crippen molar-refractivity contribution in [2.24, 2.45) is 0 Å². The maximum Gasteiger partial charge on any atom is 0.185 e. The standard InChI is InChI=1S/C13H21N3S/c1-8-9(2)17-13(14-8)16(3)12-6-10-4-5-11(7-12)15-10/h10-12,15H,4-7H2,1-3H3. The summed E-state index contributed by atoms with van der Waals surface area (Å²) in [7, 11) is 2.22. The molecule has 0 spiro atoms. The molecule has 2 bridgehead atoms. The normalized spacial score (nSPS) is 31.8. The van der Waals surface area contributed by atoms with Crippen LogP contribution in [0, 0.1) is 13.8 Å². The van der Waals surface area contributed by atoms with E-state index in [4.69, 9.17) is 0 Å². The summed E-state index contributed by atoms with van der Waals surface area (Å²) in [6.07, 6.45) is 5.30. The fourth-order valence-electron chi connectivity index (χ4n) is 3.11. The van der Waals surface area contributed by atoms with Gasteiger partial charge in [-0.25, -0.2) is 4.98 Å². The number of hydrogen-bond donors (Lipinski definition) is 1. The minimum absolute atomic E-state index is 0.679. The first-order chi connectivity index (χ1) is 8.13. The van der Waals surface area contributed by atoms with Crippen LogP contribution in [0.2, 0.25) is 0 Å². The van der Waals surface area contributed by atoms with Crippen LogP contribution in [0.4, 0.5) is 5.13 Å². The smallest absolute Gasteiger partial charge is 0.185 e. The van der Waals surface area contributed by atoms with Crippen LogP contribution in [0.5, 0.6) is 0 Å². The molecule has 3 heterocycles. The Morgan fingerprint density at radius 3 is 2.41 bits per heavy atom. The monoisotopic (exact) mass is 251 g/mol. The van der Waals surface area contributed by atoms with Gasteiger partial charge in [0.15, 0.2) is 5.13 Å². The number of aryl methyl sites for hydroxylation is 2. The lowest BCUT2D eigenvalue weighted by Crippen LogP contribution is -2.47. The molecule has 1 N–H and O–H groups in total. The summed E-state index contributed by atoms with van der Waals surface area (Å²) in [5.41, 5.74) is 1.19. The fourth-order valence-corrected chi connectivity index (χ4v) is 4.05. The van der Waals surface area contributed by atoms with Gasteiger partial charge in [-0.3, -0.25) is 0 Å². The zero-order valence-electron chi connectivity index (χ0n) is 10.9. The Bertz CT molecular complexity index is 383. The van der Waals surface area contributed by atoms with Crippen LogP contribution in [0.3, 0.4) is 0 Å². The summed E-state index contributed by atoms with van der Waals surface area (Å²) >= 11 is 1.83. The molecule has 3 rings (SSSR count). The number of nitrogens with zero attached hydrogens (tertiary/aromatic N) is 2. The Labute approximate surface area is 107 Å². The first kappa shape index (κ1) is 11.5. The molecule has 0 saturated carbocycles. The topological polar surface area (TPSA) is 28.2 Å². The maximum absolute atomic E-state index is 4.68. The summed E-state index contributed by atoms with van der Waals surface area (Å²) in [6, 6.07) is 2.19. The third-order valence-corrected chi connectivity index (χ3v) is 5.48. The Morgan fingerprint density at radius 2 is 1.88 bits per heavy atom. The van der Waals surface area contributed by atoms with E-state index in [2.05, 4.69) is 36.1 Å². The number of piperidine rings is 1. The molecule has 17 heavy (non-hydrogen) atoms. The van der Waals surface area contributed by atoms with Crippen LogP contribution in [-0.4, -0.2) is 30.2 Å². The second kappa shape index (κ2) is 4.25. The molecule has 94 valence electrons. The number of thiazole rings is 1. The van der Waals surface area contributed by atoms with Crippen LogP contribution in [-0.2, 0) is 0 Å². The van der Waals surface area contributed by atoms with E-state index in [0.717, 1.165) is 12.1 Å². The van der Waals surface area contributed by atoms with Crippen molar-refractivity contribution in [3.8, 4) is 0 Å². The van der Waals surface area contributed by atoms with Crippen LogP contribution >= 0.6 is 11.3 Å². The molecule has 2 aliphatic rings. The Hall–Kier alpha value is -0.610. The molecule has 2 saturated heterocycles. The van der Waals surface area contributed by atoms with E-state index in [1.165, 1.54) is 41.4 Å². The fraction of sp³-hybridized carbons (Fsp3) is 0.769. The molecule has 2 atom stereocenters. The van der Waals surface area contributed by atoms with Crippen molar-refractivity contribution in [2.75, 3.05) is 11.9 Å². The van der Waals surface area contributed by atoms with E-state index in [-0.39, 0.29) is 0 Å². The molecule has 0 aliphatic carbocycles. The molecular weight excluding hydrogens is 230 g/mol. The lowest BCUT2D eigenvalue weighted by atomic mass is 9.99. The summed E-state index contributed by atoms with van der Waals surface area (Å²) in [6.45, 7) is 4.27. The SMILES string of the molecule is Cc1nc(N(C)C2CC3CCC(C2)N3)sc1C. The molecule has 0 aromatic carbocycles. The maximum atomic E-state index is 4.68. The van der Waals surface area contributed by atoms with Gasteiger partial charge in [0.05, 0.1) is 5.69 Å². The van der Waals surface area contributed by atoms with Gasteiger partial charge in [0.1, 0.15) is 0 Å². The summed E-state index contributed by atoms with van der Waals surface area (Å²) in [5, 5.41) is 4.90. The number of fused-ring (bicyclic) bond motifs is 2. The van der Waals surface area contributed by atoms with Gasteiger partial charge in [-0.2, -0.15) is 0 Å². The molecule has 0 radical (unpaired) electrons. The molecule has 1 aromatic heterocycles. The molecule has 3 nitrogen and oxygen atoms in total. The average molecular weight is 251 g/mol. The quantitative estimate of drug-likeness (QED) is 0.875. The van der Waals surface area contributed by atoms with E-state index >= 15 is 0 Å². The average Bonchev–Trinajstić information content (AvgIpc) is 2.82. The lowest BCUT2D eigenvalue weighted by molar-refractivity contribution is 0.354. The van der Waals surface area contributed by atoms with E-state index in [1.807, 2.05) is 11.3 Å².